The molecule has 0 aromatic heterocycles. The highest BCUT2D eigenvalue weighted by atomic mass is 16.5. The van der Waals surface area contributed by atoms with Crippen molar-refractivity contribution in [2.75, 3.05) is 34.5 Å². The van der Waals surface area contributed by atoms with Crippen LogP contribution in [0.4, 0.5) is 0 Å². The third-order valence-electron chi connectivity index (χ3n) is 4.15. The summed E-state index contributed by atoms with van der Waals surface area (Å²) >= 11 is 0. The minimum atomic E-state index is -0.871. The fourth-order valence-corrected chi connectivity index (χ4v) is 2.68. The van der Waals surface area contributed by atoms with Gasteiger partial charge in [-0.1, -0.05) is 24.3 Å². The van der Waals surface area contributed by atoms with Crippen molar-refractivity contribution in [3.8, 4) is 23.0 Å². The summed E-state index contributed by atoms with van der Waals surface area (Å²) in [6, 6.07) is 12.8. The first kappa shape index (κ1) is 21.4. The number of hydrogen-bond acceptors (Lipinski definition) is 6. The molecular weight excluding hydrogens is 362 g/mol. The lowest BCUT2D eigenvalue weighted by atomic mass is 10.1. The normalized spacial score (nSPS) is 11.4. The number of aliphatic hydroxyl groups excluding tert-OH is 1. The van der Waals surface area contributed by atoms with Gasteiger partial charge in [-0.05, 0) is 30.2 Å². The Morgan fingerprint density at radius 2 is 1.57 bits per heavy atom. The van der Waals surface area contributed by atoms with Gasteiger partial charge in [0, 0.05) is 13.0 Å². The maximum atomic E-state index is 12.1. The second kappa shape index (κ2) is 11.0. The van der Waals surface area contributed by atoms with Gasteiger partial charge in [-0.25, -0.2) is 0 Å². The minimum Gasteiger partial charge on any atom is -0.496 e. The van der Waals surface area contributed by atoms with Crippen LogP contribution in [0.5, 0.6) is 23.0 Å². The van der Waals surface area contributed by atoms with Crippen LogP contribution in [0.15, 0.2) is 42.5 Å². The Morgan fingerprint density at radius 1 is 0.964 bits per heavy atom. The van der Waals surface area contributed by atoms with Crippen LogP contribution in [0.1, 0.15) is 12.0 Å². The summed E-state index contributed by atoms with van der Waals surface area (Å²) in [7, 11) is 4.66. The summed E-state index contributed by atoms with van der Waals surface area (Å²) in [5, 5.41) is 12.8. The molecule has 1 atom stereocenters. The molecule has 0 saturated heterocycles. The molecule has 0 heterocycles. The van der Waals surface area contributed by atoms with Gasteiger partial charge in [0.2, 0.25) is 11.7 Å². The first-order chi connectivity index (χ1) is 13.6. The Balaban J connectivity index is 1.78. The minimum absolute atomic E-state index is 0.0104. The van der Waals surface area contributed by atoms with E-state index in [9.17, 15) is 9.90 Å². The Morgan fingerprint density at radius 3 is 2.21 bits per heavy atom. The molecule has 0 aliphatic carbocycles. The topological polar surface area (TPSA) is 86.3 Å². The van der Waals surface area contributed by atoms with Crippen LogP contribution >= 0.6 is 0 Å². The fourth-order valence-electron chi connectivity index (χ4n) is 2.68. The number of nitrogens with one attached hydrogen (secondary N) is 1. The van der Waals surface area contributed by atoms with Gasteiger partial charge in [-0.2, -0.15) is 0 Å². The molecule has 152 valence electrons. The average molecular weight is 389 g/mol. The maximum Gasteiger partial charge on any atom is 0.220 e. The predicted octanol–water partition coefficient (Wildman–Crippen LogP) is 2.20. The van der Waals surface area contributed by atoms with E-state index in [2.05, 4.69) is 5.32 Å². The van der Waals surface area contributed by atoms with Crippen LogP contribution in [0.3, 0.4) is 0 Å². The molecule has 0 saturated carbocycles. The van der Waals surface area contributed by atoms with Crippen molar-refractivity contribution < 1.29 is 28.8 Å². The largest absolute Gasteiger partial charge is 0.496 e. The molecule has 2 aromatic carbocycles. The molecule has 1 amide bonds. The number of carbonyl (C=O) groups is 1. The first-order valence-corrected chi connectivity index (χ1v) is 8.99. The second-order valence-corrected chi connectivity index (χ2v) is 6.07. The van der Waals surface area contributed by atoms with E-state index in [1.165, 1.54) is 14.2 Å². The van der Waals surface area contributed by atoms with Gasteiger partial charge in [0.1, 0.15) is 18.5 Å². The first-order valence-electron chi connectivity index (χ1n) is 8.99. The van der Waals surface area contributed by atoms with Gasteiger partial charge < -0.3 is 29.4 Å². The summed E-state index contributed by atoms with van der Waals surface area (Å²) in [6.07, 6.45) is -0.0142. The monoisotopic (exact) mass is 389 g/mol. The molecule has 0 spiro atoms. The predicted molar refractivity (Wildman–Crippen MR) is 105 cm³/mol. The summed E-state index contributed by atoms with van der Waals surface area (Å²) in [5.41, 5.74) is 0.965. The van der Waals surface area contributed by atoms with Crippen LogP contribution in [0.25, 0.3) is 0 Å². The van der Waals surface area contributed by atoms with E-state index in [0.717, 1.165) is 11.3 Å². The number of hydrogen-bond donors (Lipinski definition) is 2. The third-order valence-corrected chi connectivity index (χ3v) is 4.15. The van der Waals surface area contributed by atoms with Gasteiger partial charge >= 0.3 is 0 Å². The Hall–Kier alpha value is -2.93. The van der Waals surface area contributed by atoms with E-state index in [1.807, 2.05) is 24.3 Å². The summed E-state index contributed by atoms with van der Waals surface area (Å²) in [4.78, 5) is 12.1. The fraction of sp³-hybridized carbons (Fsp3) is 0.381. The molecular formula is C21H27NO6. The zero-order valence-corrected chi connectivity index (χ0v) is 16.4. The lowest BCUT2D eigenvalue weighted by Crippen LogP contribution is -2.35. The van der Waals surface area contributed by atoms with Gasteiger partial charge in [-0.3, -0.25) is 4.79 Å². The van der Waals surface area contributed by atoms with Crippen molar-refractivity contribution in [2.24, 2.45) is 0 Å². The summed E-state index contributed by atoms with van der Waals surface area (Å²) in [6.45, 7) is 0.0751. The number of para-hydroxylation sites is 2. The molecule has 7 nitrogen and oxygen atoms in total. The highest BCUT2D eigenvalue weighted by Gasteiger charge is 2.14. The van der Waals surface area contributed by atoms with Crippen LogP contribution < -0.4 is 24.3 Å². The zero-order chi connectivity index (χ0) is 20.4. The molecule has 0 radical (unpaired) electrons. The van der Waals surface area contributed by atoms with E-state index in [0.29, 0.717) is 30.1 Å². The van der Waals surface area contributed by atoms with E-state index >= 15 is 0 Å². The standard InChI is InChI=1S/C21H27NO6/c1-25-17-8-5-4-7-15(17)11-12-20(24)22-13-16(23)14-28-21-18(26-2)9-6-10-19(21)27-3/h4-10,16,23H,11-14H2,1-3H3,(H,22,24). The quantitative estimate of drug-likeness (QED) is 0.613. The number of aryl methyl sites for hydroxylation is 1. The second-order valence-electron chi connectivity index (χ2n) is 6.07. The lowest BCUT2D eigenvalue weighted by molar-refractivity contribution is -0.121. The maximum absolute atomic E-state index is 12.1. The zero-order valence-electron chi connectivity index (χ0n) is 16.4. The molecule has 0 bridgehead atoms. The third kappa shape index (κ3) is 6.06. The number of ether oxygens (including phenoxy) is 4. The van der Waals surface area contributed by atoms with Crippen molar-refractivity contribution in [3.05, 3.63) is 48.0 Å². The van der Waals surface area contributed by atoms with E-state index in [4.69, 9.17) is 18.9 Å². The number of carbonyl (C=O) groups excluding carboxylic acids is 1. The molecule has 0 fully saturated rings. The van der Waals surface area contributed by atoms with Crippen molar-refractivity contribution in [1.82, 2.24) is 5.32 Å². The average Bonchev–Trinajstić information content (AvgIpc) is 2.74. The number of methoxy groups -OCH3 is 3. The smallest absolute Gasteiger partial charge is 0.220 e. The lowest BCUT2D eigenvalue weighted by Gasteiger charge is -2.17. The van der Waals surface area contributed by atoms with Crippen LogP contribution in [-0.4, -0.2) is 51.6 Å². The molecule has 2 rings (SSSR count). The molecule has 1 unspecified atom stereocenters. The Kier molecular flexibility index (Phi) is 8.42. The van der Waals surface area contributed by atoms with Crippen molar-refractivity contribution in [2.45, 2.75) is 18.9 Å². The summed E-state index contributed by atoms with van der Waals surface area (Å²) < 4.78 is 21.4. The van der Waals surface area contributed by atoms with Crippen LogP contribution in [0, 0.1) is 0 Å². The molecule has 2 aromatic rings. The van der Waals surface area contributed by atoms with Crippen LogP contribution in [-0.2, 0) is 11.2 Å². The summed E-state index contributed by atoms with van der Waals surface area (Å²) in [5.74, 6) is 2.03. The number of amides is 1. The molecule has 28 heavy (non-hydrogen) atoms. The van der Waals surface area contributed by atoms with E-state index < -0.39 is 6.10 Å². The number of benzene rings is 2. The molecule has 0 aliphatic heterocycles. The van der Waals surface area contributed by atoms with Gasteiger partial charge in [-0.15, -0.1) is 0 Å². The molecule has 7 heteroatoms. The molecule has 2 N–H and O–H groups in total. The highest BCUT2D eigenvalue weighted by Crippen LogP contribution is 2.36. The Labute approximate surface area is 165 Å². The van der Waals surface area contributed by atoms with Crippen molar-refractivity contribution >= 4 is 5.91 Å². The van der Waals surface area contributed by atoms with Crippen LogP contribution in [0.2, 0.25) is 0 Å². The van der Waals surface area contributed by atoms with Gasteiger partial charge in [0.25, 0.3) is 0 Å². The van der Waals surface area contributed by atoms with Gasteiger partial charge in [0.15, 0.2) is 11.5 Å². The van der Waals surface area contributed by atoms with Crippen molar-refractivity contribution in [3.63, 3.8) is 0 Å². The SMILES string of the molecule is COc1ccccc1CCC(=O)NCC(O)COc1c(OC)cccc1OC. The highest BCUT2D eigenvalue weighted by molar-refractivity contribution is 5.76. The van der Waals surface area contributed by atoms with E-state index in [1.54, 1.807) is 25.3 Å². The van der Waals surface area contributed by atoms with E-state index in [-0.39, 0.29) is 19.1 Å². The van der Waals surface area contributed by atoms with Gasteiger partial charge in [0.05, 0.1) is 21.3 Å². The number of rotatable bonds is 11. The molecule has 0 aliphatic rings. The van der Waals surface area contributed by atoms with Crippen molar-refractivity contribution in [1.29, 1.82) is 0 Å². The Bertz CT molecular complexity index is 742. The number of aliphatic hydroxyl groups is 1.